The average Bonchev–Trinajstić information content (AvgIpc) is 1.94. The van der Waals surface area contributed by atoms with Gasteiger partial charge in [-0.05, 0) is 17.7 Å². The molecular formula is C8H9ClN2O. The van der Waals surface area contributed by atoms with Crippen molar-refractivity contribution < 1.29 is 5.11 Å². The Morgan fingerprint density at radius 1 is 1.58 bits per heavy atom. The van der Waals surface area contributed by atoms with E-state index in [9.17, 15) is 0 Å². The Hall–Kier alpha value is -1.22. The van der Waals surface area contributed by atoms with E-state index >= 15 is 0 Å². The molecule has 4 heteroatoms. The summed E-state index contributed by atoms with van der Waals surface area (Å²) in [7, 11) is 0. The van der Waals surface area contributed by atoms with Crippen molar-refractivity contribution in [1.29, 1.82) is 5.41 Å². The maximum Gasteiger partial charge on any atom is 0.117 e. The van der Waals surface area contributed by atoms with Crippen LogP contribution in [0.25, 0.3) is 0 Å². The Morgan fingerprint density at radius 2 is 2.25 bits per heavy atom. The van der Waals surface area contributed by atoms with Crippen LogP contribution in [-0.2, 0) is 6.42 Å². The number of benzene rings is 1. The second kappa shape index (κ2) is 3.45. The maximum atomic E-state index is 9.00. The molecule has 0 fully saturated rings. The maximum absolute atomic E-state index is 9.00. The number of nitrogens with two attached hydrogens (primary N) is 1. The fourth-order valence-corrected chi connectivity index (χ4v) is 1.13. The molecule has 0 unspecified atom stereocenters. The van der Waals surface area contributed by atoms with Crippen LogP contribution >= 0.6 is 11.6 Å². The van der Waals surface area contributed by atoms with E-state index in [2.05, 4.69) is 0 Å². The van der Waals surface area contributed by atoms with Crippen LogP contribution in [0.1, 0.15) is 5.56 Å². The van der Waals surface area contributed by atoms with Gasteiger partial charge < -0.3 is 10.8 Å². The van der Waals surface area contributed by atoms with Gasteiger partial charge in [0.15, 0.2) is 0 Å². The third-order valence-electron chi connectivity index (χ3n) is 1.42. The Balaban J connectivity index is 2.93. The predicted octanol–water partition coefficient (Wildman–Crippen LogP) is 1.52. The van der Waals surface area contributed by atoms with E-state index in [1.165, 1.54) is 12.1 Å². The first-order valence-corrected chi connectivity index (χ1v) is 3.77. The van der Waals surface area contributed by atoms with E-state index in [-0.39, 0.29) is 11.6 Å². The van der Waals surface area contributed by atoms with Crippen LogP contribution in [0.3, 0.4) is 0 Å². The largest absolute Gasteiger partial charge is 0.508 e. The number of aromatic hydroxyl groups is 1. The molecule has 0 amide bonds. The van der Waals surface area contributed by atoms with Crippen LogP contribution in [0, 0.1) is 5.41 Å². The van der Waals surface area contributed by atoms with Crippen molar-refractivity contribution in [3.8, 4) is 5.75 Å². The van der Waals surface area contributed by atoms with Crippen LogP contribution in [0.5, 0.6) is 5.75 Å². The predicted molar refractivity (Wildman–Crippen MR) is 48.7 cm³/mol. The van der Waals surface area contributed by atoms with E-state index < -0.39 is 0 Å². The number of amidine groups is 1. The van der Waals surface area contributed by atoms with Gasteiger partial charge in [0.2, 0.25) is 0 Å². The van der Waals surface area contributed by atoms with Gasteiger partial charge in [-0.2, -0.15) is 0 Å². The summed E-state index contributed by atoms with van der Waals surface area (Å²) in [5.74, 6) is 0.176. The number of hydrogen-bond donors (Lipinski definition) is 3. The van der Waals surface area contributed by atoms with Gasteiger partial charge in [-0.15, -0.1) is 0 Å². The summed E-state index contributed by atoms with van der Waals surface area (Å²) >= 11 is 5.76. The van der Waals surface area contributed by atoms with Crippen molar-refractivity contribution in [2.45, 2.75) is 6.42 Å². The van der Waals surface area contributed by atoms with Gasteiger partial charge >= 0.3 is 0 Å². The Labute approximate surface area is 75.3 Å². The number of hydrogen-bond acceptors (Lipinski definition) is 2. The molecule has 1 aromatic carbocycles. The number of rotatable bonds is 2. The van der Waals surface area contributed by atoms with Crippen molar-refractivity contribution in [2.24, 2.45) is 5.73 Å². The summed E-state index contributed by atoms with van der Waals surface area (Å²) in [5.41, 5.74) is 5.95. The van der Waals surface area contributed by atoms with Gasteiger partial charge in [0.1, 0.15) is 5.75 Å². The molecule has 0 spiro atoms. The summed E-state index contributed by atoms with van der Waals surface area (Å²) < 4.78 is 0. The lowest BCUT2D eigenvalue weighted by atomic mass is 10.1. The lowest BCUT2D eigenvalue weighted by molar-refractivity contribution is 0.475. The van der Waals surface area contributed by atoms with Crippen LogP contribution in [0.4, 0.5) is 0 Å². The molecule has 64 valence electrons. The summed E-state index contributed by atoms with van der Waals surface area (Å²) in [4.78, 5) is 0. The van der Waals surface area contributed by atoms with E-state index in [1.807, 2.05) is 0 Å². The van der Waals surface area contributed by atoms with Crippen LogP contribution in [0.2, 0.25) is 5.02 Å². The van der Waals surface area contributed by atoms with Crippen molar-refractivity contribution in [3.63, 3.8) is 0 Å². The quantitative estimate of drug-likeness (QED) is 0.482. The molecule has 1 rings (SSSR count). The molecule has 3 nitrogen and oxygen atoms in total. The SMILES string of the molecule is N=C(N)Cc1ccc(O)cc1Cl. The molecule has 0 radical (unpaired) electrons. The first kappa shape index (κ1) is 8.87. The monoisotopic (exact) mass is 184 g/mol. The molecule has 4 N–H and O–H groups in total. The summed E-state index contributed by atoms with van der Waals surface area (Å²) in [6, 6.07) is 4.60. The minimum Gasteiger partial charge on any atom is -0.508 e. The highest BCUT2D eigenvalue weighted by molar-refractivity contribution is 6.31. The van der Waals surface area contributed by atoms with Crippen LogP contribution < -0.4 is 5.73 Å². The van der Waals surface area contributed by atoms with Gasteiger partial charge in [-0.3, -0.25) is 5.41 Å². The highest BCUT2D eigenvalue weighted by Gasteiger charge is 2.01. The standard InChI is InChI=1S/C8H9ClN2O/c9-7-4-6(12)2-1-5(7)3-8(10)11/h1-2,4,12H,3H2,(H3,10,11). The molecule has 0 heterocycles. The molecule has 0 aromatic heterocycles. The zero-order valence-electron chi connectivity index (χ0n) is 6.34. The van der Waals surface area contributed by atoms with E-state index in [4.69, 9.17) is 27.9 Å². The number of nitrogens with one attached hydrogen (secondary N) is 1. The summed E-state index contributed by atoms with van der Waals surface area (Å²) in [6.45, 7) is 0. The highest BCUT2D eigenvalue weighted by atomic mass is 35.5. The van der Waals surface area contributed by atoms with E-state index in [0.29, 0.717) is 11.4 Å². The topological polar surface area (TPSA) is 70.1 Å². The van der Waals surface area contributed by atoms with Crippen molar-refractivity contribution >= 4 is 17.4 Å². The molecule has 0 aliphatic carbocycles. The first-order chi connectivity index (χ1) is 5.59. The van der Waals surface area contributed by atoms with Crippen molar-refractivity contribution in [1.82, 2.24) is 0 Å². The summed E-state index contributed by atoms with van der Waals surface area (Å²) in [6.07, 6.45) is 0.319. The Bertz CT molecular complexity index is 312. The molecule has 0 atom stereocenters. The van der Waals surface area contributed by atoms with E-state index in [1.54, 1.807) is 6.07 Å². The zero-order valence-corrected chi connectivity index (χ0v) is 7.10. The Kier molecular flexibility index (Phi) is 2.55. The van der Waals surface area contributed by atoms with Gasteiger partial charge in [-0.1, -0.05) is 17.7 Å². The van der Waals surface area contributed by atoms with Crippen molar-refractivity contribution in [3.05, 3.63) is 28.8 Å². The van der Waals surface area contributed by atoms with E-state index in [0.717, 1.165) is 5.56 Å². The molecule has 0 saturated heterocycles. The number of phenols is 1. The van der Waals surface area contributed by atoms with Crippen molar-refractivity contribution in [2.75, 3.05) is 0 Å². The third-order valence-corrected chi connectivity index (χ3v) is 1.77. The van der Waals surface area contributed by atoms with Crippen LogP contribution in [-0.4, -0.2) is 10.9 Å². The van der Waals surface area contributed by atoms with Gasteiger partial charge in [0.05, 0.1) is 5.84 Å². The van der Waals surface area contributed by atoms with Gasteiger partial charge in [-0.25, -0.2) is 0 Å². The fraction of sp³-hybridized carbons (Fsp3) is 0.125. The molecule has 0 saturated carbocycles. The van der Waals surface area contributed by atoms with Gasteiger partial charge in [0.25, 0.3) is 0 Å². The molecule has 1 aromatic rings. The third kappa shape index (κ3) is 2.13. The minimum atomic E-state index is 0.0580. The second-order valence-corrected chi connectivity index (χ2v) is 2.88. The second-order valence-electron chi connectivity index (χ2n) is 2.48. The normalized spacial score (nSPS) is 9.75. The lowest BCUT2D eigenvalue weighted by Crippen LogP contribution is -2.12. The molecule has 0 aliphatic heterocycles. The molecule has 12 heavy (non-hydrogen) atoms. The van der Waals surface area contributed by atoms with Crippen LogP contribution in [0.15, 0.2) is 18.2 Å². The number of phenolic OH excluding ortho intramolecular Hbond substituents is 1. The highest BCUT2D eigenvalue weighted by Crippen LogP contribution is 2.21. The zero-order chi connectivity index (χ0) is 9.14. The minimum absolute atomic E-state index is 0.0580. The summed E-state index contributed by atoms with van der Waals surface area (Å²) in [5, 5.41) is 16.5. The average molecular weight is 185 g/mol. The van der Waals surface area contributed by atoms with Gasteiger partial charge in [0, 0.05) is 11.4 Å². The molecule has 0 aliphatic rings. The number of halogens is 1. The molecular weight excluding hydrogens is 176 g/mol. The Morgan fingerprint density at radius 3 is 2.75 bits per heavy atom. The smallest absolute Gasteiger partial charge is 0.117 e. The lowest BCUT2D eigenvalue weighted by Gasteiger charge is -2.02. The molecule has 0 bridgehead atoms. The fourth-order valence-electron chi connectivity index (χ4n) is 0.885. The first-order valence-electron chi connectivity index (χ1n) is 3.40.